The molecule has 7 heteroatoms. The van der Waals surface area contributed by atoms with E-state index < -0.39 is 30.4 Å². The van der Waals surface area contributed by atoms with E-state index in [0.29, 0.717) is 17.0 Å². The number of aryl methyl sites for hydroxylation is 1. The van der Waals surface area contributed by atoms with Crippen molar-refractivity contribution in [2.75, 3.05) is 6.61 Å². The van der Waals surface area contributed by atoms with Gasteiger partial charge in [-0.1, -0.05) is 61.2 Å². The van der Waals surface area contributed by atoms with Crippen LogP contribution in [-0.2, 0) is 6.18 Å². The quantitative estimate of drug-likeness (QED) is 0.417. The molecule has 1 aliphatic carbocycles. The number of nitrogens with one attached hydrogen (secondary N) is 1. The number of hydrogen-bond acceptors (Lipinski definition) is 3. The average molecular weight is 483 g/mol. The Morgan fingerprint density at radius 1 is 1.03 bits per heavy atom. The zero-order chi connectivity index (χ0) is 25.0. The van der Waals surface area contributed by atoms with Gasteiger partial charge in [0.25, 0.3) is 5.91 Å². The van der Waals surface area contributed by atoms with Crippen LogP contribution in [0.3, 0.4) is 0 Å². The second kappa shape index (κ2) is 10.6. The van der Waals surface area contributed by atoms with E-state index in [1.165, 1.54) is 12.5 Å². The highest BCUT2D eigenvalue weighted by atomic mass is 19.4. The molecule has 0 saturated heterocycles. The monoisotopic (exact) mass is 482 g/mol. The Balaban J connectivity index is 1.63. The zero-order valence-corrected chi connectivity index (χ0v) is 19.6. The Morgan fingerprint density at radius 2 is 1.74 bits per heavy atom. The van der Waals surface area contributed by atoms with Crippen LogP contribution in [0.4, 0.5) is 13.2 Å². The largest absolute Gasteiger partial charge is 0.433 e. The summed E-state index contributed by atoms with van der Waals surface area (Å²) in [6.07, 6.45) is 2.19. The predicted molar refractivity (Wildman–Crippen MR) is 129 cm³/mol. The van der Waals surface area contributed by atoms with Crippen molar-refractivity contribution in [1.82, 2.24) is 10.3 Å². The summed E-state index contributed by atoms with van der Waals surface area (Å²) in [5.74, 6) is -0.0107. The molecule has 2 aromatic carbocycles. The van der Waals surface area contributed by atoms with Gasteiger partial charge in [-0.25, -0.2) is 0 Å². The Bertz CT molecular complexity index is 1150. The molecule has 4 nitrogen and oxygen atoms in total. The molecule has 184 valence electrons. The van der Waals surface area contributed by atoms with Gasteiger partial charge in [-0.3, -0.25) is 9.78 Å². The van der Waals surface area contributed by atoms with Crippen LogP contribution in [0.15, 0.2) is 60.8 Å². The van der Waals surface area contributed by atoms with Crippen LogP contribution in [0.2, 0.25) is 0 Å². The first-order chi connectivity index (χ1) is 16.7. The van der Waals surface area contributed by atoms with Gasteiger partial charge >= 0.3 is 6.18 Å². The highest BCUT2D eigenvalue weighted by Crippen LogP contribution is 2.35. The summed E-state index contributed by atoms with van der Waals surface area (Å²) in [7, 11) is 0. The highest BCUT2D eigenvalue weighted by Gasteiger charge is 2.32. The standard InChI is InChI=1S/C28H29F3N2O2/c1-18-7-9-20(10-8-18)23-13-22(19-5-3-2-4-6-19)14-24(15-23)27(35)33-25(17-34)21-11-12-26(32-16-21)28(29,30)31/h7-16,19,25,34H,2-6,17H2,1H3,(H,33,35)/t25-/m1/s1. The van der Waals surface area contributed by atoms with Crippen molar-refractivity contribution in [3.63, 3.8) is 0 Å². The Hall–Kier alpha value is -3.19. The van der Waals surface area contributed by atoms with Gasteiger partial charge in [-0.05, 0) is 66.1 Å². The summed E-state index contributed by atoms with van der Waals surface area (Å²) >= 11 is 0. The molecule has 3 aromatic rings. The van der Waals surface area contributed by atoms with Crippen LogP contribution in [0.25, 0.3) is 11.1 Å². The maximum Gasteiger partial charge on any atom is 0.433 e. The lowest BCUT2D eigenvalue weighted by atomic mass is 9.82. The van der Waals surface area contributed by atoms with Crippen LogP contribution in [0.5, 0.6) is 0 Å². The van der Waals surface area contributed by atoms with Gasteiger partial charge in [0.05, 0.1) is 12.6 Å². The van der Waals surface area contributed by atoms with Crippen molar-refractivity contribution < 1.29 is 23.1 Å². The topological polar surface area (TPSA) is 62.2 Å². The Labute approximate surface area is 203 Å². The van der Waals surface area contributed by atoms with Crippen molar-refractivity contribution in [3.8, 4) is 11.1 Å². The van der Waals surface area contributed by atoms with Gasteiger partial charge in [0, 0.05) is 11.8 Å². The van der Waals surface area contributed by atoms with Crippen molar-refractivity contribution in [2.45, 2.75) is 57.2 Å². The van der Waals surface area contributed by atoms with E-state index in [1.54, 1.807) is 0 Å². The molecule has 0 unspecified atom stereocenters. The molecule has 1 atom stereocenters. The first kappa shape index (κ1) is 24.9. The fourth-order valence-corrected chi connectivity index (χ4v) is 4.62. The number of aliphatic hydroxyl groups excluding tert-OH is 1. The number of carbonyl (C=O) groups excluding carboxylic acids is 1. The van der Waals surface area contributed by atoms with Gasteiger partial charge in [0.2, 0.25) is 0 Å². The minimum absolute atomic E-state index is 0.302. The maximum absolute atomic E-state index is 13.3. The van der Waals surface area contributed by atoms with Crippen molar-refractivity contribution >= 4 is 5.91 Å². The highest BCUT2D eigenvalue weighted by molar-refractivity contribution is 5.96. The second-order valence-electron chi connectivity index (χ2n) is 9.23. The van der Waals surface area contributed by atoms with E-state index in [4.69, 9.17) is 0 Å². The molecule has 1 fully saturated rings. The lowest BCUT2D eigenvalue weighted by molar-refractivity contribution is -0.141. The molecule has 1 aliphatic rings. The van der Waals surface area contributed by atoms with E-state index in [-0.39, 0.29) is 0 Å². The molecule has 4 rings (SSSR count). The summed E-state index contributed by atoms with van der Waals surface area (Å²) in [6.45, 7) is 1.55. The SMILES string of the molecule is Cc1ccc(-c2cc(C(=O)N[C@H](CO)c3ccc(C(F)(F)F)nc3)cc(C3CCCCC3)c2)cc1. The normalized spacial score (nSPS) is 15.6. The third-order valence-corrected chi connectivity index (χ3v) is 6.65. The number of alkyl halides is 3. The van der Waals surface area contributed by atoms with Gasteiger partial charge in [-0.15, -0.1) is 0 Å². The molecule has 0 bridgehead atoms. The smallest absolute Gasteiger partial charge is 0.394 e. The van der Waals surface area contributed by atoms with Gasteiger partial charge < -0.3 is 10.4 Å². The van der Waals surface area contributed by atoms with E-state index in [2.05, 4.69) is 16.4 Å². The predicted octanol–water partition coefficient (Wildman–Crippen LogP) is 6.59. The van der Waals surface area contributed by atoms with Crippen LogP contribution < -0.4 is 5.32 Å². The van der Waals surface area contributed by atoms with Crippen molar-refractivity contribution in [1.29, 1.82) is 0 Å². The van der Waals surface area contributed by atoms with E-state index in [0.717, 1.165) is 60.2 Å². The number of aromatic nitrogens is 1. The zero-order valence-electron chi connectivity index (χ0n) is 19.6. The first-order valence-corrected chi connectivity index (χ1v) is 11.9. The third-order valence-electron chi connectivity index (χ3n) is 6.65. The lowest BCUT2D eigenvalue weighted by Crippen LogP contribution is -2.31. The van der Waals surface area contributed by atoms with Crippen LogP contribution in [0.1, 0.15) is 76.8 Å². The minimum atomic E-state index is -4.55. The molecule has 0 spiro atoms. The molecule has 35 heavy (non-hydrogen) atoms. The number of pyridine rings is 1. The summed E-state index contributed by atoms with van der Waals surface area (Å²) in [6, 6.07) is 15.2. The number of rotatable bonds is 6. The lowest BCUT2D eigenvalue weighted by Gasteiger charge is -2.24. The number of benzene rings is 2. The summed E-state index contributed by atoms with van der Waals surface area (Å²) in [5, 5.41) is 12.6. The van der Waals surface area contributed by atoms with Crippen molar-refractivity contribution in [3.05, 3.63) is 88.7 Å². The number of amides is 1. The fourth-order valence-electron chi connectivity index (χ4n) is 4.62. The fraction of sp³-hybridized carbons (Fsp3) is 0.357. The summed E-state index contributed by atoms with van der Waals surface area (Å²) in [5.41, 5.74) is 3.95. The molecule has 0 radical (unpaired) electrons. The molecular formula is C28H29F3N2O2. The third kappa shape index (κ3) is 6.09. The molecular weight excluding hydrogens is 453 g/mol. The van der Waals surface area contributed by atoms with E-state index in [1.807, 2.05) is 43.3 Å². The second-order valence-corrected chi connectivity index (χ2v) is 9.23. The van der Waals surface area contributed by atoms with Gasteiger partial charge in [0.15, 0.2) is 0 Å². The molecule has 1 amide bonds. The van der Waals surface area contributed by atoms with E-state index >= 15 is 0 Å². The van der Waals surface area contributed by atoms with Crippen LogP contribution in [-0.4, -0.2) is 22.6 Å². The molecule has 1 heterocycles. The van der Waals surface area contributed by atoms with E-state index in [9.17, 15) is 23.1 Å². The summed E-state index contributed by atoms with van der Waals surface area (Å²) in [4.78, 5) is 16.7. The average Bonchev–Trinajstić information content (AvgIpc) is 2.87. The number of nitrogens with zero attached hydrogens (tertiary/aromatic N) is 1. The number of carbonyl (C=O) groups is 1. The molecule has 0 aliphatic heterocycles. The molecule has 1 saturated carbocycles. The first-order valence-electron chi connectivity index (χ1n) is 11.9. The summed E-state index contributed by atoms with van der Waals surface area (Å²) < 4.78 is 38.5. The number of hydrogen-bond donors (Lipinski definition) is 2. The Morgan fingerprint density at radius 3 is 2.34 bits per heavy atom. The van der Waals surface area contributed by atoms with Crippen LogP contribution >= 0.6 is 0 Å². The number of aliphatic hydroxyl groups is 1. The molecule has 1 aromatic heterocycles. The molecule has 2 N–H and O–H groups in total. The van der Waals surface area contributed by atoms with Gasteiger partial charge in [0.1, 0.15) is 5.69 Å². The number of halogens is 3. The van der Waals surface area contributed by atoms with Crippen LogP contribution in [0, 0.1) is 6.92 Å². The Kier molecular flexibility index (Phi) is 7.55. The van der Waals surface area contributed by atoms with Gasteiger partial charge in [-0.2, -0.15) is 13.2 Å². The maximum atomic E-state index is 13.3. The minimum Gasteiger partial charge on any atom is -0.394 e. The van der Waals surface area contributed by atoms with Crippen molar-refractivity contribution in [2.24, 2.45) is 0 Å².